The van der Waals surface area contributed by atoms with E-state index in [4.69, 9.17) is 29.4 Å². The molecule has 0 fully saturated rings. The Morgan fingerprint density at radius 3 is 2.29 bits per heavy atom. The summed E-state index contributed by atoms with van der Waals surface area (Å²) in [5.41, 5.74) is 6.92. The van der Waals surface area contributed by atoms with E-state index in [9.17, 15) is 9.59 Å². The van der Waals surface area contributed by atoms with Gasteiger partial charge < -0.3 is 29.4 Å². The maximum absolute atomic E-state index is 14.0. The van der Waals surface area contributed by atoms with Crippen molar-refractivity contribution in [1.29, 1.82) is 0 Å². The molecule has 0 atom stereocenters. The first-order valence-electron chi connectivity index (χ1n) is 12.5. The lowest BCUT2D eigenvalue weighted by Gasteiger charge is -2.19. The van der Waals surface area contributed by atoms with Crippen molar-refractivity contribution in [1.82, 2.24) is 9.55 Å². The molecular weight excluding hydrogens is 526 g/mol. The third-order valence-corrected chi connectivity index (χ3v) is 6.33. The smallest absolute Gasteiger partial charge is 0.359 e. The maximum Gasteiger partial charge on any atom is 0.359 e. The molecule has 0 unspecified atom stereocenters. The molecule has 0 saturated carbocycles. The van der Waals surface area contributed by atoms with E-state index in [2.05, 4.69) is 4.98 Å². The normalized spacial score (nSPS) is 10.7. The second kappa shape index (κ2) is 11.7. The number of rotatable bonds is 9. The van der Waals surface area contributed by atoms with Crippen LogP contribution in [0.3, 0.4) is 0 Å². The van der Waals surface area contributed by atoms with Crippen LogP contribution in [-0.4, -0.2) is 36.8 Å². The first kappa shape index (κ1) is 27.1. The van der Waals surface area contributed by atoms with Crippen LogP contribution in [0.2, 0.25) is 0 Å². The number of hydrogen-bond donors (Lipinski definition) is 1. The van der Waals surface area contributed by atoms with Crippen LogP contribution < -0.4 is 30.2 Å². The van der Waals surface area contributed by atoms with Crippen LogP contribution >= 0.6 is 0 Å². The number of ether oxygens (including phenoxy) is 5. The topological polar surface area (TPSA) is 124 Å². The highest BCUT2D eigenvalue weighted by atomic mass is 16.5. The first-order chi connectivity index (χ1) is 19.9. The Balaban J connectivity index is 1.73. The van der Waals surface area contributed by atoms with Gasteiger partial charge in [-0.2, -0.15) is 0 Å². The van der Waals surface area contributed by atoms with Crippen LogP contribution in [0.25, 0.3) is 16.5 Å². The Hall–Kier alpha value is -5.51. The maximum atomic E-state index is 14.0. The van der Waals surface area contributed by atoms with Gasteiger partial charge in [-0.05, 0) is 66.7 Å². The van der Waals surface area contributed by atoms with Gasteiger partial charge >= 0.3 is 5.97 Å². The molecular formula is C31H27N3O7. The molecule has 208 valence electrons. The van der Waals surface area contributed by atoms with E-state index in [0.717, 1.165) is 5.69 Å². The summed E-state index contributed by atoms with van der Waals surface area (Å²) >= 11 is 0. The molecule has 41 heavy (non-hydrogen) atoms. The van der Waals surface area contributed by atoms with Crippen molar-refractivity contribution in [2.75, 3.05) is 27.1 Å². The largest absolute Gasteiger partial charge is 0.493 e. The molecule has 0 bridgehead atoms. The van der Waals surface area contributed by atoms with Crippen molar-refractivity contribution in [3.05, 3.63) is 107 Å². The Morgan fingerprint density at radius 1 is 0.854 bits per heavy atom. The summed E-state index contributed by atoms with van der Waals surface area (Å²) in [4.78, 5) is 31.6. The number of fused-ring (bicyclic) bond motifs is 1. The van der Waals surface area contributed by atoms with E-state index in [1.54, 1.807) is 66.9 Å². The number of hydrogen-bond acceptors (Lipinski definition) is 9. The van der Waals surface area contributed by atoms with Crippen molar-refractivity contribution in [3.8, 4) is 34.4 Å². The molecule has 0 aliphatic rings. The molecule has 2 heterocycles. The Morgan fingerprint density at radius 2 is 1.61 bits per heavy atom. The Bertz CT molecular complexity index is 1770. The van der Waals surface area contributed by atoms with Crippen molar-refractivity contribution in [2.24, 2.45) is 0 Å². The highest BCUT2D eigenvalue weighted by Gasteiger charge is 2.26. The monoisotopic (exact) mass is 553 g/mol. The average molecular weight is 554 g/mol. The number of nitrogens with zero attached hydrogens (tertiary/aromatic N) is 2. The van der Waals surface area contributed by atoms with E-state index >= 15 is 0 Å². The molecule has 0 spiro atoms. The van der Waals surface area contributed by atoms with Crippen LogP contribution in [0.1, 0.15) is 16.2 Å². The lowest BCUT2D eigenvalue weighted by molar-refractivity contribution is 0.0587. The first-order valence-corrected chi connectivity index (χ1v) is 12.5. The minimum absolute atomic E-state index is 0.103. The number of benzene rings is 3. The minimum Gasteiger partial charge on any atom is -0.493 e. The Labute approximate surface area is 235 Å². The third kappa shape index (κ3) is 5.48. The number of carbonyl (C=O) groups excluding carboxylic acids is 1. The molecule has 0 saturated heterocycles. The van der Waals surface area contributed by atoms with Gasteiger partial charge in [-0.1, -0.05) is 6.07 Å². The number of esters is 1. The molecule has 0 aliphatic carbocycles. The van der Waals surface area contributed by atoms with Crippen molar-refractivity contribution in [3.63, 3.8) is 0 Å². The van der Waals surface area contributed by atoms with Gasteiger partial charge in [-0.25, -0.2) is 4.79 Å². The van der Waals surface area contributed by atoms with Gasteiger partial charge in [0.2, 0.25) is 0 Å². The van der Waals surface area contributed by atoms with Crippen molar-refractivity contribution in [2.45, 2.75) is 6.61 Å². The number of nitrogens with two attached hydrogens (primary N) is 1. The number of nitrogen functional groups attached to an aromatic ring is 1. The van der Waals surface area contributed by atoms with Gasteiger partial charge in [0.1, 0.15) is 18.1 Å². The van der Waals surface area contributed by atoms with Gasteiger partial charge in [0.05, 0.1) is 32.4 Å². The quantitative estimate of drug-likeness (QED) is 0.195. The van der Waals surface area contributed by atoms with Gasteiger partial charge in [0.15, 0.2) is 22.9 Å². The lowest BCUT2D eigenvalue weighted by Crippen LogP contribution is -2.26. The number of anilines is 1. The molecule has 10 heteroatoms. The van der Waals surface area contributed by atoms with E-state index in [1.165, 1.54) is 25.9 Å². The molecule has 2 N–H and O–H groups in total. The zero-order chi connectivity index (χ0) is 28.9. The molecule has 5 rings (SSSR count). The highest BCUT2D eigenvalue weighted by molar-refractivity contribution is 6.00. The second-order valence-electron chi connectivity index (χ2n) is 8.84. The summed E-state index contributed by atoms with van der Waals surface area (Å²) in [6.45, 7) is 0.202. The van der Waals surface area contributed by atoms with Gasteiger partial charge in [0, 0.05) is 29.0 Å². The summed E-state index contributed by atoms with van der Waals surface area (Å²) in [7, 11) is 4.26. The van der Waals surface area contributed by atoms with E-state index in [1.807, 2.05) is 18.2 Å². The fourth-order valence-corrected chi connectivity index (χ4v) is 4.33. The van der Waals surface area contributed by atoms with Crippen LogP contribution in [-0.2, 0) is 11.3 Å². The van der Waals surface area contributed by atoms with Crippen LogP contribution in [0.15, 0.2) is 89.9 Å². The molecule has 3 aromatic carbocycles. The average Bonchev–Trinajstić information content (AvgIpc) is 3.01. The molecule has 0 aliphatic heterocycles. The summed E-state index contributed by atoms with van der Waals surface area (Å²) in [6, 6.07) is 22.0. The predicted molar refractivity (Wildman–Crippen MR) is 153 cm³/mol. The van der Waals surface area contributed by atoms with Crippen molar-refractivity contribution < 1.29 is 28.5 Å². The minimum atomic E-state index is -0.771. The van der Waals surface area contributed by atoms with Gasteiger partial charge in [-0.3, -0.25) is 14.3 Å². The third-order valence-electron chi connectivity index (χ3n) is 6.33. The van der Waals surface area contributed by atoms with E-state index in [-0.39, 0.29) is 23.4 Å². The van der Waals surface area contributed by atoms with Gasteiger partial charge in [-0.15, -0.1) is 0 Å². The number of aromatic nitrogens is 2. The second-order valence-corrected chi connectivity index (χ2v) is 8.84. The predicted octanol–water partition coefficient (Wildman–Crippen LogP) is 5.14. The zero-order valence-electron chi connectivity index (χ0n) is 22.6. The summed E-state index contributed by atoms with van der Waals surface area (Å²) in [6.07, 6.45) is 1.68. The van der Waals surface area contributed by atoms with E-state index in [0.29, 0.717) is 39.8 Å². The van der Waals surface area contributed by atoms with Gasteiger partial charge in [0.25, 0.3) is 5.56 Å². The number of carbonyl (C=O) groups is 1. The van der Waals surface area contributed by atoms with Crippen molar-refractivity contribution >= 4 is 22.4 Å². The van der Waals surface area contributed by atoms with Crippen LogP contribution in [0.5, 0.6) is 28.7 Å². The summed E-state index contributed by atoms with van der Waals surface area (Å²) in [5.74, 6) is 1.03. The number of methoxy groups -OCH3 is 3. The highest BCUT2D eigenvalue weighted by Crippen LogP contribution is 2.38. The standard InChI is InChI=1S/C31H27N3O7/c1-37-26-14-12-23(17-27(26)38-2)41-29-24-13-11-22(40-18-20-6-4-5-15-33-20)16-25(24)30(35)34(28(29)31(36)39-3)21-9-7-19(32)8-10-21/h4-17H,18,32H2,1-3H3. The van der Waals surface area contributed by atoms with Crippen LogP contribution in [0, 0.1) is 0 Å². The fourth-order valence-electron chi connectivity index (χ4n) is 4.33. The molecule has 0 amide bonds. The zero-order valence-corrected chi connectivity index (χ0v) is 22.6. The summed E-state index contributed by atoms with van der Waals surface area (Å²) < 4.78 is 29.4. The lowest BCUT2D eigenvalue weighted by atomic mass is 10.1. The molecule has 2 aromatic heterocycles. The molecule has 10 nitrogen and oxygen atoms in total. The SMILES string of the molecule is COC(=O)c1c(Oc2ccc(OC)c(OC)c2)c2ccc(OCc3ccccn3)cc2c(=O)n1-c1ccc(N)cc1. The molecule has 0 radical (unpaired) electrons. The van der Waals surface area contributed by atoms with Crippen LogP contribution in [0.4, 0.5) is 5.69 Å². The fraction of sp³-hybridized carbons (Fsp3) is 0.129. The molecule has 5 aromatic rings. The Kier molecular flexibility index (Phi) is 7.73. The van der Waals surface area contributed by atoms with E-state index < -0.39 is 11.5 Å². The summed E-state index contributed by atoms with van der Waals surface area (Å²) in [5, 5.41) is 0.630. The number of pyridine rings is 2.